The third-order valence-corrected chi connectivity index (χ3v) is 17.7. The number of unbranched alkanes of at least 4 members (excludes halogenated alkanes) is 32. The van der Waals surface area contributed by atoms with Crippen LogP contribution in [0.1, 0.15) is 290 Å². The number of aliphatic hydroxyl groups is 8. The van der Waals surface area contributed by atoms with E-state index in [1.54, 1.807) is 6.08 Å². The number of allylic oxidation sites excluding steroid dienone is 17. The minimum absolute atomic E-state index is 0.250. The molecule has 14 nitrogen and oxygen atoms in total. The number of carbonyl (C=O) groups is 1. The van der Waals surface area contributed by atoms with Crippen molar-refractivity contribution in [2.45, 2.75) is 364 Å². The Morgan fingerprint density at radius 1 is 0.398 bits per heavy atom. The minimum Gasteiger partial charge on any atom is -0.394 e. The molecule has 0 aromatic rings. The van der Waals surface area contributed by atoms with E-state index in [0.717, 1.165) is 77.0 Å². The van der Waals surface area contributed by atoms with Gasteiger partial charge in [0.1, 0.15) is 48.8 Å². The topological polar surface area (TPSA) is 228 Å². The fourth-order valence-electron chi connectivity index (χ4n) is 11.8. The van der Waals surface area contributed by atoms with E-state index in [1.807, 2.05) is 6.08 Å². The number of hydrogen-bond acceptors (Lipinski definition) is 13. The van der Waals surface area contributed by atoms with E-state index in [9.17, 15) is 45.6 Å². The predicted molar refractivity (Wildman–Crippen MR) is 382 cm³/mol. The molecule has 0 aliphatic carbocycles. The summed E-state index contributed by atoms with van der Waals surface area (Å²) in [6.07, 6.45) is 72.9. The molecule has 2 aliphatic rings. The van der Waals surface area contributed by atoms with Crippen LogP contribution in [-0.2, 0) is 23.7 Å². The summed E-state index contributed by atoms with van der Waals surface area (Å²) in [4.78, 5) is 13.4. The van der Waals surface area contributed by atoms with Crippen molar-refractivity contribution in [2.75, 3.05) is 19.8 Å². The highest BCUT2D eigenvalue weighted by molar-refractivity contribution is 5.76. The van der Waals surface area contributed by atoms with Crippen molar-refractivity contribution in [3.63, 3.8) is 0 Å². The maximum absolute atomic E-state index is 13.4. The van der Waals surface area contributed by atoms with Crippen molar-refractivity contribution >= 4 is 5.91 Å². The highest BCUT2D eigenvalue weighted by atomic mass is 16.7. The molecule has 2 saturated heterocycles. The van der Waals surface area contributed by atoms with Crippen molar-refractivity contribution in [3.05, 3.63) is 109 Å². The van der Waals surface area contributed by atoms with Gasteiger partial charge >= 0.3 is 0 Å². The van der Waals surface area contributed by atoms with Crippen molar-refractivity contribution in [3.8, 4) is 0 Å². The number of ether oxygens (including phenoxy) is 4. The van der Waals surface area contributed by atoms with Gasteiger partial charge in [0.25, 0.3) is 0 Å². The van der Waals surface area contributed by atoms with E-state index in [-0.39, 0.29) is 18.9 Å². The lowest BCUT2D eigenvalue weighted by molar-refractivity contribution is -0.359. The van der Waals surface area contributed by atoms with Gasteiger partial charge in [0.2, 0.25) is 5.91 Å². The van der Waals surface area contributed by atoms with E-state index in [4.69, 9.17) is 18.9 Å². The van der Waals surface area contributed by atoms with Gasteiger partial charge in [0, 0.05) is 6.42 Å². The number of nitrogens with one attached hydrogen (secondary N) is 1. The molecule has 12 atom stereocenters. The third-order valence-electron chi connectivity index (χ3n) is 17.7. The second-order valence-corrected chi connectivity index (χ2v) is 26.0. The molecule has 2 aliphatic heterocycles. The number of rotatable bonds is 61. The molecule has 0 saturated carbocycles. The van der Waals surface area contributed by atoms with E-state index in [0.29, 0.717) is 12.8 Å². The SMILES string of the molecule is CC/C=C\C/C=C\C/C=C\C/C=C\C/C=C\C/C=C\C/C=C\CCCCCCCCCCCCCCCCCC(=O)NC(COC1OC(CO)C(OC2OC(CO)C(O)C(O)C2O)C(O)C1O)C(O)/C=C/CC/C=C/CCCCCCCCCCCCCCCCCC. The maximum Gasteiger partial charge on any atom is 0.220 e. The van der Waals surface area contributed by atoms with Crippen LogP contribution in [0.5, 0.6) is 0 Å². The van der Waals surface area contributed by atoms with E-state index in [1.165, 1.54) is 180 Å². The highest BCUT2D eigenvalue weighted by Crippen LogP contribution is 2.30. The zero-order valence-electron chi connectivity index (χ0n) is 58.5. The average Bonchev–Trinajstić information content (AvgIpc) is 0.852. The number of amides is 1. The Balaban J connectivity index is 1.64. The number of hydrogen-bond donors (Lipinski definition) is 9. The first-order valence-corrected chi connectivity index (χ1v) is 37.6. The van der Waals surface area contributed by atoms with Crippen LogP contribution >= 0.6 is 0 Å². The van der Waals surface area contributed by atoms with Gasteiger partial charge in [-0.25, -0.2) is 0 Å². The Morgan fingerprint density at radius 2 is 0.753 bits per heavy atom. The van der Waals surface area contributed by atoms with Gasteiger partial charge in [-0.2, -0.15) is 0 Å². The van der Waals surface area contributed by atoms with Crippen LogP contribution in [-0.4, -0.2) is 140 Å². The minimum atomic E-state index is -1.80. The van der Waals surface area contributed by atoms with E-state index < -0.39 is 86.8 Å². The van der Waals surface area contributed by atoms with Crippen molar-refractivity contribution in [1.29, 1.82) is 0 Å². The van der Waals surface area contributed by atoms with Gasteiger partial charge in [-0.15, -0.1) is 0 Å². The quantitative estimate of drug-likeness (QED) is 0.0204. The van der Waals surface area contributed by atoms with Crippen LogP contribution in [0.25, 0.3) is 0 Å². The molecule has 2 fully saturated rings. The highest BCUT2D eigenvalue weighted by Gasteiger charge is 2.51. The van der Waals surface area contributed by atoms with E-state index >= 15 is 0 Å². The molecule has 2 rings (SSSR count). The summed E-state index contributed by atoms with van der Waals surface area (Å²) in [5.41, 5.74) is 0. The van der Waals surface area contributed by atoms with Crippen LogP contribution in [0.15, 0.2) is 109 Å². The van der Waals surface area contributed by atoms with Crippen LogP contribution in [0.2, 0.25) is 0 Å². The second kappa shape index (κ2) is 62.2. The lowest BCUT2D eigenvalue weighted by Crippen LogP contribution is -2.65. The normalized spacial score (nSPS) is 23.2. The van der Waals surface area contributed by atoms with E-state index in [2.05, 4.69) is 116 Å². The van der Waals surface area contributed by atoms with Gasteiger partial charge in [-0.1, -0.05) is 303 Å². The molecule has 0 aromatic heterocycles. The Bertz CT molecular complexity index is 1980. The van der Waals surface area contributed by atoms with Crippen molar-refractivity contribution < 1.29 is 64.6 Å². The summed E-state index contributed by atoms with van der Waals surface area (Å²) in [5.74, 6) is -0.250. The lowest BCUT2D eigenvalue weighted by Gasteiger charge is -2.46. The summed E-state index contributed by atoms with van der Waals surface area (Å²) in [5, 5.41) is 87.5. The van der Waals surface area contributed by atoms with Crippen molar-refractivity contribution in [1.82, 2.24) is 5.32 Å². The fraction of sp³-hybridized carbons (Fsp3) is 0.759. The Kier molecular flexibility index (Phi) is 57.3. The summed E-state index contributed by atoms with van der Waals surface area (Å²) in [6.45, 7) is 2.69. The molecule has 0 bridgehead atoms. The monoisotopic (exact) mass is 1310 g/mol. The standard InChI is InChI=1S/C79H137NO13/c1-3-5-7-9-11-13-15-17-19-21-23-25-27-28-29-30-31-32-33-34-35-36-37-38-39-40-41-43-45-47-49-51-53-55-57-59-61-63-71(84)80-67(66-90-78-76(89)74(87)77(70(65-82)92-78)93-79-75(88)73(86)72(85)69(64-81)91-79)68(83)62-60-58-56-54-52-50-48-46-44-42-26-24-22-20-18-16-14-12-10-8-6-4-2/h5,7,11,13,17,19,23,25,28-29,31-32,34-35,52,54,60,62,67-70,72-79,81-83,85-89H,3-4,6,8-10,12,14-16,18,20-22,24,26-27,30,33,36-51,53,55-59,61,63-66H2,1-2H3,(H,80,84)/b7-5-,13-11-,19-17-,25-23-,29-28-,32-31-,35-34-,54-52+,62-60+. The molecule has 0 radical (unpaired) electrons. The predicted octanol–water partition coefficient (Wildman–Crippen LogP) is 16.3. The lowest BCUT2D eigenvalue weighted by atomic mass is 9.97. The summed E-state index contributed by atoms with van der Waals surface area (Å²) in [6, 6.07) is -0.938. The van der Waals surface area contributed by atoms with Crippen LogP contribution in [0.4, 0.5) is 0 Å². The zero-order valence-corrected chi connectivity index (χ0v) is 58.5. The Morgan fingerprint density at radius 3 is 1.18 bits per heavy atom. The molecule has 93 heavy (non-hydrogen) atoms. The molecule has 12 unspecified atom stereocenters. The summed E-state index contributed by atoms with van der Waals surface area (Å²) >= 11 is 0. The first kappa shape index (κ1) is 85.7. The number of carbonyl (C=O) groups excluding carboxylic acids is 1. The van der Waals surface area contributed by atoms with Gasteiger partial charge in [0.15, 0.2) is 12.6 Å². The maximum atomic E-state index is 13.4. The first-order valence-electron chi connectivity index (χ1n) is 37.6. The molecule has 1 amide bonds. The molecular formula is C79H137NO13. The largest absolute Gasteiger partial charge is 0.394 e. The molecule has 536 valence electrons. The first-order chi connectivity index (χ1) is 45.6. The molecule has 0 aromatic carbocycles. The molecule has 0 spiro atoms. The van der Waals surface area contributed by atoms with Gasteiger partial charge in [-0.05, 0) is 89.9 Å². The summed E-state index contributed by atoms with van der Waals surface area (Å²) < 4.78 is 22.9. The Hall–Kier alpha value is -3.35. The van der Waals surface area contributed by atoms with Gasteiger partial charge < -0.3 is 65.1 Å². The molecule has 2 heterocycles. The third kappa shape index (κ3) is 45.7. The average molecular weight is 1310 g/mol. The van der Waals surface area contributed by atoms with Crippen molar-refractivity contribution in [2.24, 2.45) is 0 Å². The van der Waals surface area contributed by atoms with Crippen LogP contribution in [0, 0.1) is 0 Å². The zero-order chi connectivity index (χ0) is 67.3. The molecule has 9 N–H and O–H groups in total. The molecule has 14 heteroatoms. The van der Waals surface area contributed by atoms with Gasteiger partial charge in [0.05, 0.1) is 32.0 Å². The molecular weight excluding hydrogens is 1170 g/mol. The van der Waals surface area contributed by atoms with Crippen LogP contribution < -0.4 is 5.32 Å². The number of aliphatic hydroxyl groups excluding tert-OH is 8. The fourth-order valence-corrected chi connectivity index (χ4v) is 11.8. The van der Waals surface area contributed by atoms with Gasteiger partial charge in [-0.3, -0.25) is 4.79 Å². The smallest absolute Gasteiger partial charge is 0.220 e. The second-order valence-electron chi connectivity index (χ2n) is 26.0. The Labute approximate surface area is 566 Å². The van der Waals surface area contributed by atoms with Crippen LogP contribution in [0.3, 0.4) is 0 Å². The summed E-state index contributed by atoms with van der Waals surface area (Å²) in [7, 11) is 0.